The Kier molecular flexibility index (Phi) is 3.90. The fraction of sp³-hybridized carbons (Fsp3) is 0. The molecule has 2 aromatic rings. The molecule has 0 spiro atoms. The Morgan fingerprint density at radius 3 is 1.71 bits per heavy atom. The average Bonchev–Trinajstić information content (AvgIpc) is 2.51. The third-order valence-corrected chi connectivity index (χ3v) is 2.68. The van der Waals surface area contributed by atoms with E-state index in [1.165, 1.54) is 24.3 Å². The first kappa shape index (κ1) is 14.9. The number of amides is 1. The molecule has 110 valence electrons. The van der Waals surface area contributed by atoms with Crippen molar-refractivity contribution in [2.24, 2.45) is 5.84 Å². The monoisotopic (exact) mass is 302 g/mol. The molecule has 3 nitrogen and oxygen atoms in total. The van der Waals surface area contributed by atoms with Gasteiger partial charge in [-0.1, -0.05) is 18.2 Å². The van der Waals surface area contributed by atoms with Crippen LogP contribution in [0.15, 0.2) is 30.3 Å². The van der Waals surface area contributed by atoms with Crippen LogP contribution in [-0.2, 0) is 0 Å². The van der Waals surface area contributed by atoms with Crippen molar-refractivity contribution in [3.05, 3.63) is 65.0 Å². The van der Waals surface area contributed by atoms with Gasteiger partial charge in [0, 0.05) is 0 Å². The van der Waals surface area contributed by atoms with Crippen molar-refractivity contribution in [1.29, 1.82) is 0 Å². The highest BCUT2D eigenvalue weighted by molar-refractivity contribution is 6.05. The van der Waals surface area contributed by atoms with Crippen LogP contribution in [0.1, 0.15) is 10.4 Å². The molecule has 0 aliphatic rings. The summed E-state index contributed by atoms with van der Waals surface area (Å²) in [6, 6.07) is 7.18. The molecule has 0 radical (unpaired) electrons. The normalized spacial score (nSPS) is 10.6. The molecular formula is C13H7F5N2O. The van der Waals surface area contributed by atoms with Gasteiger partial charge >= 0.3 is 0 Å². The van der Waals surface area contributed by atoms with Crippen LogP contribution in [0.4, 0.5) is 27.6 Å². The summed E-state index contributed by atoms with van der Waals surface area (Å²) in [7, 11) is 0. The molecule has 2 N–H and O–H groups in total. The largest absolute Gasteiger partial charge is 0.278 e. The topological polar surface area (TPSA) is 46.3 Å². The van der Waals surface area contributed by atoms with Crippen LogP contribution < -0.4 is 10.9 Å². The lowest BCUT2D eigenvalue weighted by Gasteiger charge is -2.17. The van der Waals surface area contributed by atoms with E-state index in [9.17, 15) is 26.7 Å². The summed E-state index contributed by atoms with van der Waals surface area (Å²) in [5.74, 6) is -7.43. The fourth-order valence-electron chi connectivity index (χ4n) is 1.62. The molecule has 0 unspecified atom stereocenters. The first-order chi connectivity index (χ1) is 9.86. The standard InChI is InChI=1S/C13H7F5N2O/c14-8-7(9(15)11(17)12(18)10(8)16)13(21)20(19)6-4-2-1-3-5-6/h1-5H,19H2. The molecule has 0 atom stereocenters. The van der Waals surface area contributed by atoms with Gasteiger partial charge in [0.2, 0.25) is 5.82 Å². The number of hydrazine groups is 1. The Morgan fingerprint density at radius 1 is 0.810 bits per heavy atom. The number of carbonyl (C=O) groups excluding carboxylic acids is 1. The van der Waals surface area contributed by atoms with Gasteiger partial charge in [-0.15, -0.1) is 0 Å². The second-order valence-electron chi connectivity index (χ2n) is 3.96. The van der Waals surface area contributed by atoms with Crippen LogP contribution in [0, 0.1) is 29.1 Å². The first-order valence-corrected chi connectivity index (χ1v) is 5.52. The minimum absolute atomic E-state index is 0.0199. The molecule has 1 amide bonds. The number of hydrogen-bond acceptors (Lipinski definition) is 2. The highest BCUT2D eigenvalue weighted by Crippen LogP contribution is 2.25. The molecule has 0 aliphatic heterocycles. The molecule has 2 rings (SSSR count). The van der Waals surface area contributed by atoms with Gasteiger partial charge in [0.15, 0.2) is 23.3 Å². The third-order valence-electron chi connectivity index (χ3n) is 2.68. The van der Waals surface area contributed by atoms with E-state index in [0.29, 0.717) is 0 Å². The quantitative estimate of drug-likeness (QED) is 0.231. The lowest BCUT2D eigenvalue weighted by molar-refractivity contribution is 0.0975. The molecule has 0 aromatic heterocycles. The van der Waals surface area contributed by atoms with Gasteiger partial charge in [-0.3, -0.25) is 4.79 Å². The number of rotatable bonds is 2. The second kappa shape index (κ2) is 5.49. The zero-order valence-electron chi connectivity index (χ0n) is 10.2. The molecule has 0 fully saturated rings. The summed E-state index contributed by atoms with van der Waals surface area (Å²) < 4.78 is 66.0. The number of halogens is 5. The van der Waals surface area contributed by atoms with E-state index in [2.05, 4.69) is 0 Å². The molecule has 8 heteroatoms. The van der Waals surface area contributed by atoms with Crippen molar-refractivity contribution in [2.75, 3.05) is 5.01 Å². The Morgan fingerprint density at radius 2 is 1.24 bits per heavy atom. The number of para-hydroxylation sites is 1. The van der Waals surface area contributed by atoms with E-state index < -0.39 is 40.6 Å². The van der Waals surface area contributed by atoms with Gasteiger partial charge in [0.25, 0.3) is 5.91 Å². The molecular weight excluding hydrogens is 295 g/mol. The molecule has 2 aromatic carbocycles. The van der Waals surface area contributed by atoms with Crippen molar-refractivity contribution >= 4 is 11.6 Å². The first-order valence-electron chi connectivity index (χ1n) is 5.52. The van der Waals surface area contributed by atoms with Crippen LogP contribution in [0.25, 0.3) is 0 Å². The summed E-state index contributed by atoms with van der Waals surface area (Å²) in [6.07, 6.45) is 0. The van der Waals surface area contributed by atoms with E-state index in [1.54, 1.807) is 6.07 Å². The molecule has 0 aliphatic carbocycles. The van der Waals surface area contributed by atoms with Gasteiger partial charge in [-0.25, -0.2) is 32.8 Å². The van der Waals surface area contributed by atoms with E-state index in [4.69, 9.17) is 5.84 Å². The smallest absolute Gasteiger partial charge is 0.267 e. The summed E-state index contributed by atoms with van der Waals surface area (Å²) in [5.41, 5.74) is -1.59. The van der Waals surface area contributed by atoms with Gasteiger partial charge in [-0.2, -0.15) is 0 Å². The van der Waals surface area contributed by atoms with E-state index in [-0.39, 0.29) is 10.7 Å². The number of nitrogens with two attached hydrogens (primary N) is 1. The van der Waals surface area contributed by atoms with Crippen molar-refractivity contribution in [2.45, 2.75) is 0 Å². The van der Waals surface area contributed by atoms with Crippen molar-refractivity contribution < 1.29 is 26.7 Å². The van der Waals surface area contributed by atoms with Gasteiger partial charge in [0.1, 0.15) is 5.56 Å². The van der Waals surface area contributed by atoms with Gasteiger partial charge in [0.05, 0.1) is 5.69 Å². The predicted octanol–water partition coefficient (Wildman–Crippen LogP) is 2.90. The summed E-state index contributed by atoms with van der Waals surface area (Å²) in [4.78, 5) is 11.9. The predicted molar refractivity (Wildman–Crippen MR) is 63.7 cm³/mol. The molecule has 0 saturated heterocycles. The van der Waals surface area contributed by atoms with Crippen molar-refractivity contribution in [3.63, 3.8) is 0 Å². The van der Waals surface area contributed by atoms with Crippen LogP contribution in [0.3, 0.4) is 0 Å². The van der Waals surface area contributed by atoms with Crippen LogP contribution >= 0.6 is 0 Å². The van der Waals surface area contributed by atoms with Crippen molar-refractivity contribution in [3.8, 4) is 0 Å². The summed E-state index contributed by atoms with van der Waals surface area (Å²) in [6.45, 7) is 0. The van der Waals surface area contributed by atoms with Gasteiger partial charge in [-0.05, 0) is 12.1 Å². The van der Waals surface area contributed by atoms with E-state index in [0.717, 1.165) is 0 Å². The zero-order chi connectivity index (χ0) is 15.7. The van der Waals surface area contributed by atoms with Crippen LogP contribution in [-0.4, -0.2) is 5.91 Å². The minimum atomic E-state index is -2.34. The number of carbonyl (C=O) groups is 1. The SMILES string of the molecule is NN(C(=O)c1c(F)c(F)c(F)c(F)c1F)c1ccccc1. The number of benzene rings is 2. The molecule has 0 heterocycles. The maximum atomic E-state index is 13.5. The Balaban J connectivity index is 2.55. The number of nitrogens with zero attached hydrogens (tertiary/aromatic N) is 1. The summed E-state index contributed by atoms with van der Waals surface area (Å²) in [5, 5.41) is 0.290. The zero-order valence-corrected chi connectivity index (χ0v) is 10.2. The Bertz CT molecular complexity index is 676. The van der Waals surface area contributed by atoms with E-state index in [1.807, 2.05) is 0 Å². The Labute approximate surface area is 115 Å². The number of hydrogen-bond donors (Lipinski definition) is 1. The summed E-state index contributed by atoms with van der Waals surface area (Å²) >= 11 is 0. The lowest BCUT2D eigenvalue weighted by atomic mass is 10.1. The minimum Gasteiger partial charge on any atom is -0.267 e. The Hall–Kier alpha value is -2.48. The molecule has 21 heavy (non-hydrogen) atoms. The van der Waals surface area contributed by atoms with Gasteiger partial charge < -0.3 is 0 Å². The number of anilines is 1. The molecule has 0 saturated carbocycles. The maximum Gasteiger partial charge on any atom is 0.278 e. The van der Waals surface area contributed by atoms with Crippen molar-refractivity contribution in [1.82, 2.24) is 0 Å². The van der Waals surface area contributed by atoms with Crippen LogP contribution in [0.5, 0.6) is 0 Å². The maximum absolute atomic E-state index is 13.5. The van der Waals surface area contributed by atoms with E-state index >= 15 is 0 Å². The average molecular weight is 302 g/mol. The fourth-order valence-corrected chi connectivity index (χ4v) is 1.62. The highest BCUT2D eigenvalue weighted by Gasteiger charge is 2.31. The second-order valence-corrected chi connectivity index (χ2v) is 3.96. The highest BCUT2D eigenvalue weighted by atomic mass is 19.2. The van der Waals surface area contributed by atoms with Crippen LogP contribution in [0.2, 0.25) is 0 Å². The lowest BCUT2D eigenvalue weighted by Crippen LogP contribution is -2.39. The molecule has 0 bridgehead atoms. The third kappa shape index (κ3) is 2.45.